The molecule has 1 aromatic heterocycles. The average molecular weight is 338 g/mol. The molecular formula is C19H22N4O2. The molecule has 2 aliphatic rings. The minimum absolute atomic E-state index is 0.0246. The zero-order valence-electron chi connectivity index (χ0n) is 14.3. The number of amides is 2. The summed E-state index contributed by atoms with van der Waals surface area (Å²) in [6.45, 7) is 1.32. The van der Waals surface area contributed by atoms with E-state index in [-0.39, 0.29) is 24.4 Å². The molecule has 1 saturated heterocycles. The highest BCUT2D eigenvalue weighted by atomic mass is 16.2. The fourth-order valence-corrected chi connectivity index (χ4v) is 3.89. The monoisotopic (exact) mass is 338 g/mol. The van der Waals surface area contributed by atoms with E-state index in [4.69, 9.17) is 0 Å². The average Bonchev–Trinajstić information content (AvgIpc) is 3.22. The lowest BCUT2D eigenvalue weighted by atomic mass is 10.1. The van der Waals surface area contributed by atoms with Crippen molar-refractivity contribution in [2.24, 2.45) is 7.05 Å². The highest BCUT2D eigenvalue weighted by Crippen LogP contribution is 2.33. The molecule has 0 unspecified atom stereocenters. The number of hydrogen-bond acceptors (Lipinski definition) is 3. The van der Waals surface area contributed by atoms with Crippen LogP contribution in [0.4, 0.5) is 11.4 Å². The number of aryl methyl sites for hydroxylation is 1. The van der Waals surface area contributed by atoms with Crippen molar-refractivity contribution in [1.82, 2.24) is 9.47 Å². The summed E-state index contributed by atoms with van der Waals surface area (Å²) in [7, 11) is 2.04. The summed E-state index contributed by atoms with van der Waals surface area (Å²) in [5.41, 5.74) is 2.72. The first-order valence-corrected chi connectivity index (χ1v) is 8.68. The molecule has 1 fully saturated rings. The van der Waals surface area contributed by atoms with Gasteiger partial charge in [0.2, 0.25) is 11.8 Å². The molecule has 0 aliphatic carbocycles. The molecule has 6 nitrogen and oxygen atoms in total. The molecule has 1 atom stereocenters. The second-order valence-corrected chi connectivity index (χ2v) is 6.72. The molecule has 1 aromatic carbocycles. The molecule has 2 aromatic rings. The number of nitrogens with one attached hydrogen (secondary N) is 1. The number of rotatable bonds is 3. The quantitative estimate of drug-likeness (QED) is 0.933. The largest absolute Gasteiger partial charge is 0.353 e. The number of benzene rings is 1. The van der Waals surface area contributed by atoms with Crippen molar-refractivity contribution in [2.75, 3.05) is 29.9 Å². The van der Waals surface area contributed by atoms with Crippen LogP contribution in [0.2, 0.25) is 0 Å². The highest BCUT2D eigenvalue weighted by Gasteiger charge is 2.32. The Balaban J connectivity index is 1.54. The van der Waals surface area contributed by atoms with Gasteiger partial charge in [-0.15, -0.1) is 0 Å². The van der Waals surface area contributed by atoms with Gasteiger partial charge < -0.3 is 9.88 Å². The summed E-state index contributed by atoms with van der Waals surface area (Å²) < 4.78 is 2.12. The second-order valence-electron chi connectivity index (χ2n) is 6.72. The van der Waals surface area contributed by atoms with E-state index in [1.807, 2.05) is 43.6 Å². The fourth-order valence-electron chi connectivity index (χ4n) is 3.89. The first kappa shape index (κ1) is 15.9. The lowest BCUT2D eigenvalue weighted by Gasteiger charge is -2.32. The van der Waals surface area contributed by atoms with Crippen molar-refractivity contribution in [1.29, 1.82) is 0 Å². The lowest BCUT2D eigenvalue weighted by molar-refractivity contribution is -0.122. The molecule has 0 saturated carbocycles. The topological polar surface area (TPSA) is 57.6 Å². The number of anilines is 2. The normalized spacial score (nSPS) is 20.4. The van der Waals surface area contributed by atoms with E-state index in [1.165, 1.54) is 5.69 Å². The molecule has 3 heterocycles. The third-order valence-electron chi connectivity index (χ3n) is 5.10. The summed E-state index contributed by atoms with van der Waals surface area (Å²) in [6.07, 6.45) is 4.18. The van der Waals surface area contributed by atoms with Crippen LogP contribution >= 0.6 is 0 Å². The van der Waals surface area contributed by atoms with Crippen molar-refractivity contribution >= 4 is 23.2 Å². The molecule has 2 amide bonds. The van der Waals surface area contributed by atoms with E-state index in [0.29, 0.717) is 12.2 Å². The number of nitrogens with zero attached hydrogens (tertiary/aromatic N) is 3. The van der Waals surface area contributed by atoms with Crippen LogP contribution in [-0.4, -0.2) is 40.9 Å². The molecule has 0 radical (unpaired) electrons. The zero-order chi connectivity index (χ0) is 17.4. The van der Waals surface area contributed by atoms with E-state index in [1.54, 1.807) is 4.90 Å². The van der Waals surface area contributed by atoms with E-state index < -0.39 is 0 Å². The van der Waals surface area contributed by atoms with Gasteiger partial charge in [-0.3, -0.25) is 19.4 Å². The van der Waals surface area contributed by atoms with Gasteiger partial charge in [0.15, 0.2) is 0 Å². The van der Waals surface area contributed by atoms with Gasteiger partial charge in [-0.2, -0.15) is 0 Å². The van der Waals surface area contributed by atoms with E-state index >= 15 is 0 Å². The van der Waals surface area contributed by atoms with Gasteiger partial charge in [0.05, 0.1) is 24.0 Å². The van der Waals surface area contributed by atoms with E-state index in [0.717, 1.165) is 25.1 Å². The van der Waals surface area contributed by atoms with Gasteiger partial charge in [-0.1, -0.05) is 12.1 Å². The van der Waals surface area contributed by atoms with Gasteiger partial charge in [-0.05, 0) is 43.7 Å². The summed E-state index contributed by atoms with van der Waals surface area (Å²) >= 11 is 0. The zero-order valence-corrected chi connectivity index (χ0v) is 14.3. The van der Waals surface area contributed by atoms with Gasteiger partial charge >= 0.3 is 0 Å². The molecule has 1 N–H and O–H groups in total. The van der Waals surface area contributed by atoms with Crippen LogP contribution in [0.3, 0.4) is 0 Å². The predicted molar refractivity (Wildman–Crippen MR) is 96.4 cm³/mol. The second kappa shape index (κ2) is 6.37. The van der Waals surface area contributed by atoms with Crippen LogP contribution in [0.1, 0.15) is 24.6 Å². The standard InChI is InChI=1S/C19H22N4O2/c1-21-10-4-8-16(21)17-9-5-11-22(17)13-19(25)23-12-18(24)20-14-6-2-3-7-15(14)23/h2-4,6-8,10,17H,5,9,11-13H2,1H3,(H,20,24)/t17-/m0/s1. The Morgan fingerprint density at radius 2 is 2.08 bits per heavy atom. The Morgan fingerprint density at radius 3 is 2.88 bits per heavy atom. The number of carbonyl (C=O) groups is 2. The molecule has 25 heavy (non-hydrogen) atoms. The van der Waals surface area contributed by atoms with Crippen molar-refractivity contribution in [3.05, 3.63) is 48.3 Å². The van der Waals surface area contributed by atoms with Crippen molar-refractivity contribution in [3.8, 4) is 0 Å². The molecule has 6 heteroatoms. The van der Waals surface area contributed by atoms with Gasteiger partial charge in [0.25, 0.3) is 0 Å². The van der Waals surface area contributed by atoms with Gasteiger partial charge in [-0.25, -0.2) is 0 Å². The molecule has 130 valence electrons. The molecular weight excluding hydrogens is 316 g/mol. The summed E-state index contributed by atoms with van der Waals surface area (Å²) in [6, 6.07) is 11.9. The van der Waals surface area contributed by atoms with Crippen LogP contribution < -0.4 is 10.2 Å². The fraction of sp³-hybridized carbons (Fsp3) is 0.368. The summed E-state index contributed by atoms with van der Waals surface area (Å²) in [5.74, 6) is -0.170. The number of carbonyl (C=O) groups excluding carboxylic acids is 2. The third kappa shape index (κ3) is 2.93. The minimum Gasteiger partial charge on any atom is -0.353 e. The Hall–Kier alpha value is -2.60. The molecule has 4 rings (SSSR count). The van der Waals surface area contributed by atoms with E-state index in [2.05, 4.69) is 20.9 Å². The van der Waals surface area contributed by atoms with E-state index in [9.17, 15) is 9.59 Å². The molecule has 0 spiro atoms. The number of hydrogen-bond donors (Lipinski definition) is 1. The van der Waals surface area contributed by atoms with Crippen LogP contribution in [-0.2, 0) is 16.6 Å². The maximum atomic E-state index is 13.0. The minimum atomic E-state index is -0.146. The van der Waals surface area contributed by atoms with Crippen LogP contribution in [0.5, 0.6) is 0 Å². The summed E-state index contributed by atoms with van der Waals surface area (Å²) in [4.78, 5) is 28.7. The van der Waals surface area contributed by atoms with Crippen LogP contribution in [0.25, 0.3) is 0 Å². The van der Waals surface area contributed by atoms with Gasteiger partial charge in [0.1, 0.15) is 6.54 Å². The Bertz CT molecular complexity index is 813. The third-order valence-corrected chi connectivity index (χ3v) is 5.10. The van der Waals surface area contributed by atoms with Gasteiger partial charge in [0, 0.05) is 18.9 Å². The number of likely N-dealkylation sites (tertiary alicyclic amines) is 1. The number of fused-ring (bicyclic) bond motifs is 1. The number of aromatic nitrogens is 1. The molecule has 0 bridgehead atoms. The van der Waals surface area contributed by atoms with Crippen LogP contribution in [0.15, 0.2) is 42.6 Å². The van der Waals surface area contributed by atoms with Crippen LogP contribution in [0, 0.1) is 0 Å². The highest BCUT2D eigenvalue weighted by molar-refractivity contribution is 6.10. The van der Waals surface area contributed by atoms with Crippen molar-refractivity contribution in [3.63, 3.8) is 0 Å². The van der Waals surface area contributed by atoms with Crippen molar-refractivity contribution in [2.45, 2.75) is 18.9 Å². The Kier molecular flexibility index (Phi) is 4.05. The smallest absolute Gasteiger partial charge is 0.244 e. The summed E-state index contributed by atoms with van der Waals surface area (Å²) in [5, 5.41) is 2.83. The predicted octanol–water partition coefficient (Wildman–Crippen LogP) is 2.15. The molecule has 2 aliphatic heterocycles. The lowest BCUT2D eigenvalue weighted by Crippen LogP contribution is -2.46. The number of para-hydroxylation sites is 2. The maximum absolute atomic E-state index is 13.0. The van der Waals surface area contributed by atoms with Crippen molar-refractivity contribution < 1.29 is 9.59 Å². The SMILES string of the molecule is Cn1cccc1[C@@H]1CCCN1CC(=O)N1CC(=O)Nc2ccccc21. The Labute approximate surface area is 147 Å². The Morgan fingerprint density at radius 1 is 1.24 bits per heavy atom. The maximum Gasteiger partial charge on any atom is 0.244 e. The first-order chi connectivity index (χ1) is 12.1. The first-order valence-electron chi connectivity index (χ1n) is 8.68.